The Morgan fingerprint density at radius 1 is 1.29 bits per heavy atom. The normalized spacial score (nSPS) is 10.3. The molecule has 6 nitrogen and oxygen atoms in total. The molecular formula is C15H20N2O4. The summed E-state index contributed by atoms with van der Waals surface area (Å²) in [5.41, 5.74) is 0.151. The van der Waals surface area contributed by atoms with Crippen LogP contribution in [0.2, 0.25) is 0 Å². The molecule has 1 rings (SSSR count). The van der Waals surface area contributed by atoms with E-state index < -0.39 is 5.97 Å². The molecule has 0 amide bonds. The minimum absolute atomic E-state index is 0.151. The van der Waals surface area contributed by atoms with Gasteiger partial charge in [0.15, 0.2) is 0 Å². The predicted octanol–water partition coefficient (Wildman–Crippen LogP) is 1.63. The topological polar surface area (TPSA) is 82.8 Å². The van der Waals surface area contributed by atoms with Gasteiger partial charge < -0.3 is 14.6 Å². The van der Waals surface area contributed by atoms with Gasteiger partial charge in [0, 0.05) is 33.2 Å². The standard InChI is InChI=1S/C15H20N2O4/c1-20-11-9-17(8-4-7-16)10-12-21-14-6-3-2-5-13(14)15(18)19/h2-3,5-6H,4,8-12H2,1H3,(H,18,19). The van der Waals surface area contributed by atoms with E-state index in [9.17, 15) is 4.79 Å². The lowest BCUT2D eigenvalue weighted by Gasteiger charge is -2.21. The maximum atomic E-state index is 11.1. The summed E-state index contributed by atoms with van der Waals surface area (Å²) < 4.78 is 10.6. The molecule has 0 radical (unpaired) electrons. The number of nitriles is 1. The molecule has 0 aliphatic heterocycles. The van der Waals surface area contributed by atoms with Crippen LogP contribution in [0.3, 0.4) is 0 Å². The van der Waals surface area contributed by atoms with E-state index in [0.717, 1.165) is 0 Å². The summed E-state index contributed by atoms with van der Waals surface area (Å²) in [5, 5.41) is 17.7. The van der Waals surface area contributed by atoms with Crippen LogP contribution in [0.4, 0.5) is 0 Å². The van der Waals surface area contributed by atoms with Gasteiger partial charge in [-0.3, -0.25) is 4.90 Å². The van der Waals surface area contributed by atoms with Gasteiger partial charge in [-0.15, -0.1) is 0 Å². The van der Waals surface area contributed by atoms with Gasteiger partial charge in [0.2, 0.25) is 0 Å². The van der Waals surface area contributed by atoms with Crippen molar-refractivity contribution in [2.24, 2.45) is 0 Å². The van der Waals surface area contributed by atoms with Gasteiger partial charge in [0.1, 0.15) is 17.9 Å². The number of carboxylic acids is 1. The maximum Gasteiger partial charge on any atom is 0.339 e. The zero-order valence-corrected chi connectivity index (χ0v) is 12.1. The van der Waals surface area contributed by atoms with Crippen LogP contribution in [0, 0.1) is 11.3 Å². The fourth-order valence-corrected chi connectivity index (χ4v) is 1.82. The number of rotatable bonds is 10. The third-order valence-corrected chi connectivity index (χ3v) is 2.93. The second kappa shape index (κ2) is 9.75. The number of benzene rings is 1. The quantitative estimate of drug-likeness (QED) is 0.705. The van der Waals surface area contributed by atoms with E-state index in [2.05, 4.69) is 11.0 Å². The summed E-state index contributed by atoms with van der Waals surface area (Å²) in [5.74, 6) is -0.650. The SMILES string of the molecule is COCCN(CCC#N)CCOc1ccccc1C(=O)O. The monoisotopic (exact) mass is 292 g/mol. The summed E-state index contributed by atoms with van der Waals surface area (Å²) in [6.45, 7) is 2.90. The van der Waals surface area contributed by atoms with Crippen molar-refractivity contribution < 1.29 is 19.4 Å². The molecule has 0 bridgehead atoms. The van der Waals surface area contributed by atoms with Gasteiger partial charge in [0.05, 0.1) is 12.7 Å². The third kappa shape index (κ3) is 6.25. The molecule has 0 saturated heterocycles. The molecule has 0 heterocycles. The second-order valence-electron chi connectivity index (χ2n) is 4.39. The number of hydrogen-bond donors (Lipinski definition) is 1. The molecule has 0 saturated carbocycles. The Bertz CT molecular complexity index is 485. The summed E-state index contributed by atoms with van der Waals surface area (Å²) in [7, 11) is 1.63. The van der Waals surface area contributed by atoms with Crippen LogP contribution >= 0.6 is 0 Å². The van der Waals surface area contributed by atoms with Crippen LogP contribution in [-0.2, 0) is 4.74 Å². The van der Waals surface area contributed by atoms with Crippen molar-refractivity contribution in [3.05, 3.63) is 29.8 Å². The number of hydrogen-bond acceptors (Lipinski definition) is 5. The molecule has 0 spiro atoms. The Balaban J connectivity index is 2.49. The Labute approximate surface area is 124 Å². The molecule has 0 aliphatic carbocycles. The molecule has 6 heteroatoms. The van der Waals surface area contributed by atoms with Gasteiger partial charge in [0.25, 0.3) is 0 Å². The maximum absolute atomic E-state index is 11.1. The van der Waals surface area contributed by atoms with Crippen LogP contribution in [0.1, 0.15) is 16.8 Å². The highest BCUT2D eigenvalue weighted by Crippen LogP contribution is 2.17. The Morgan fingerprint density at radius 3 is 2.67 bits per heavy atom. The molecule has 0 fully saturated rings. The van der Waals surface area contributed by atoms with Crippen LogP contribution < -0.4 is 4.74 Å². The molecular weight excluding hydrogens is 272 g/mol. The minimum Gasteiger partial charge on any atom is -0.491 e. The summed E-state index contributed by atoms with van der Waals surface area (Å²) in [6, 6.07) is 8.65. The highest BCUT2D eigenvalue weighted by Gasteiger charge is 2.11. The average Bonchev–Trinajstić information content (AvgIpc) is 2.49. The predicted molar refractivity (Wildman–Crippen MR) is 77.4 cm³/mol. The summed E-state index contributed by atoms with van der Waals surface area (Å²) in [6.07, 6.45) is 0.440. The average molecular weight is 292 g/mol. The van der Waals surface area contributed by atoms with Crippen LogP contribution in [0.25, 0.3) is 0 Å². The molecule has 1 aromatic carbocycles. The van der Waals surface area contributed by atoms with Crippen molar-refractivity contribution in [2.75, 3.05) is 40.0 Å². The molecule has 114 valence electrons. The zero-order valence-electron chi connectivity index (χ0n) is 12.1. The van der Waals surface area contributed by atoms with Crippen LogP contribution in [0.15, 0.2) is 24.3 Å². The number of ether oxygens (including phenoxy) is 2. The molecule has 1 N–H and O–H groups in total. The van der Waals surface area contributed by atoms with Crippen molar-refractivity contribution >= 4 is 5.97 Å². The van der Waals surface area contributed by atoms with Crippen molar-refractivity contribution in [1.29, 1.82) is 5.26 Å². The first-order chi connectivity index (χ1) is 10.2. The Morgan fingerprint density at radius 2 is 2.00 bits per heavy atom. The number of para-hydroxylation sites is 1. The number of nitrogens with zero attached hydrogens (tertiary/aromatic N) is 2. The van der Waals surface area contributed by atoms with Gasteiger partial charge in [-0.25, -0.2) is 4.79 Å². The minimum atomic E-state index is -1.01. The fraction of sp³-hybridized carbons (Fsp3) is 0.467. The Kier molecular flexibility index (Phi) is 7.87. The molecule has 21 heavy (non-hydrogen) atoms. The molecule has 0 unspecified atom stereocenters. The van der Waals surface area contributed by atoms with Crippen molar-refractivity contribution in [3.8, 4) is 11.8 Å². The van der Waals surface area contributed by atoms with Crippen molar-refractivity contribution in [2.45, 2.75) is 6.42 Å². The molecule has 1 aromatic rings. The van der Waals surface area contributed by atoms with Gasteiger partial charge in [-0.1, -0.05) is 12.1 Å². The molecule has 0 aliphatic rings. The van der Waals surface area contributed by atoms with E-state index in [4.69, 9.17) is 19.8 Å². The summed E-state index contributed by atoms with van der Waals surface area (Å²) >= 11 is 0. The van der Waals surface area contributed by atoms with Crippen molar-refractivity contribution in [1.82, 2.24) is 4.90 Å². The highest BCUT2D eigenvalue weighted by molar-refractivity contribution is 5.90. The smallest absolute Gasteiger partial charge is 0.339 e. The fourth-order valence-electron chi connectivity index (χ4n) is 1.82. The van der Waals surface area contributed by atoms with E-state index in [1.807, 2.05) is 0 Å². The number of carbonyl (C=O) groups is 1. The number of aromatic carboxylic acids is 1. The first-order valence-corrected chi connectivity index (χ1v) is 6.72. The highest BCUT2D eigenvalue weighted by atomic mass is 16.5. The third-order valence-electron chi connectivity index (χ3n) is 2.93. The Hall–Kier alpha value is -2.10. The lowest BCUT2D eigenvalue weighted by molar-refractivity contribution is 0.0691. The van der Waals surface area contributed by atoms with E-state index in [1.165, 1.54) is 6.07 Å². The van der Waals surface area contributed by atoms with Crippen LogP contribution in [-0.4, -0.2) is 55.9 Å². The largest absolute Gasteiger partial charge is 0.491 e. The second-order valence-corrected chi connectivity index (χ2v) is 4.39. The van der Waals surface area contributed by atoms with Crippen molar-refractivity contribution in [3.63, 3.8) is 0 Å². The van der Waals surface area contributed by atoms with E-state index in [0.29, 0.717) is 45.0 Å². The molecule has 0 atom stereocenters. The first kappa shape index (κ1) is 17.0. The van der Waals surface area contributed by atoms with Gasteiger partial charge in [-0.05, 0) is 12.1 Å². The summed E-state index contributed by atoms with van der Waals surface area (Å²) in [4.78, 5) is 13.1. The lowest BCUT2D eigenvalue weighted by Crippen LogP contribution is -2.32. The zero-order chi connectivity index (χ0) is 15.5. The lowest BCUT2D eigenvalue weighted by atomic mass is 10.2. The van der Waals surface area contributed by atoms with E-state index in [-0.39, 0.29) is 5.56 Å². The van der Waals surface area contributed by atoms with Gasteiger partial charge in [-0.2, -0.15) is 5.26 Å². The first-order valence-electron chi connectivity index (χ1n) is 6.72. The van der Waals surface area contributed by atoms with E-state index in [1.54, 1.807) is 25.3 Å². The van der Waals surface area contributed by atoms with Crippen LogP contribution in [0.5, 0.6) is 5.75 Å². The van der Waals surface area contributed by atoms with E-state index >= 15 is 0 Å². The number of methoxy groups -OCH3 is 1. The molecule has 0 aromatic heterocycles. The number of carboxylic acid groups (broad SMARTS) is 1. The van der Waals surface area contributed by atoms with Gasteiger partial charge >= 0.3 is 5.97 Å².